The van der Waals surface area contributed by atoms with Crippen molar-refractivity contribution in [1.82, 2.24) is 4.90 Å². The summed E-state index contributed by atoms with van der Waals surface area (Å²) in [4.78, 5) is 27.9. The topological polar surface area (TPSA) is 80.0 Å². The second-order valence-corrected chi connectivity index (χ2v) is 9.30. The van der Waals surface area contributed by atoms with Crippen molar-refractivity contribution < 1.29 is 23.8 Å². The van der Waals surface area contributed by atoms with Crippen LogP contribution < -0.4 is 0 Å². The van der Waals surface area contributed by atoms with E-state index in [2.05, 4.69) is 0 Å². The Kier molecular flexibility index (Phi) is 6.63. The Bertz CT molecular complexity index is 1040. The number of nitrogens with zero attached hydrogens (tertiary/aromatic N) is 1. The Morgan fingerprint density at radius 1 is 1.00 bits per heavy atom. The summed E-state index contributed by atoms with van der Waals surface area (Å²) in [7, 11) is 0. The monoisotopic (exact) mass is 465 g/mol. The molecule has 0 bridgehead atoms. The molecule has 0 unspecified atom stereocenters. The minimum absolute atomic E-state index is 0.0487. The van der Waals surface area contributed by atoms with E-state index in [1.165, 1.54) is 29.0 Å². The first-order valence-electron chi connectivity index (χ1n) is 10.8. The van der Waals surface area contributed by atoms with Gasteiger partial charge in [0.25, 0.3) is 0 Å². The first kappa shape index (κ1) is 23.1. The molecule has 0 spiro atoms. The number of rotatable bonds is 8. The van der Waals surface area contributed by atoms with Crippen LogP contribution in [0.5, 0.6) is 0 Å². The van der Waals surface area contributed by atoms with Crippen LogP contribution in [-0.4, -0.2) is 45.7 Å². The lowest BCUT2D eigenvalue weighted by Gasteiger charge is -2.40. The summed E-state index contributed by atoms with van der Waals surface area (Å²) in [5, 5.41) is 10.2. The van der Waals surface area contributed by atoms with E-state index in [9.17, 15) is 14.7 Å². The van der Waals surface area contributed by atoms with Gasteiger partial charge in [-0.25, -0.2) is 4.79 Å². The molecule has 1 amide bonds. The van der Waals surface area contributed by atoms with Gasteiger partial charge >= 0.3 is 6.09 Å². The number of aliphatic hydroxyl groups is 1. The van der Waals surface area contributed by atoms with E-state index in [1.807, 2.05) is 74.5 Å². The summed E-state index contributed by atoms with van der Waals surface area (Å²) in [5.41, 5.74) is 0.560. The molecular formula is C26H27NO5S. The summed E-state index contributed by atoms with van der Waals surface area (Å²) < 4.78 is 11.4. The van der Waals surface area contributed by atoms with Crippen LogP contribution in [0, 0.1) is 5.92 Å². The zero-order valence-electron chi connectivity index (χ0n) is 18.8. The molecule has 0 saturated carbocycles. The van der Waals surface area contributed by atoms with Crippen LogP contribution in [0.25, 0.3) is 0 Å². The Balaban J connectivity index is 1.84. The lowest BCUT2D eigenvalue weighted by molar-refractivity contribution is 0.0433. The van der Waals surface area contributed by atoms with E-state index in [4.69, 9.17) is 9.15 Å². The second kappa shape index (κ2) is 9.45. The van der Waals surface area contributed by atoms with Crippen molar-refractivity contribution in [3.8, 4) is 0 Å². The van der Waals surface area contributed by atoms with E-state index in [-0.39, 0.29) is 11.7 Å². The quantitative estimate of drug-likeness (QED) is 0.475. The predicted octanol–water partition coefficient (Wildman–Crippen LogP) is 4.93. The molecule has 2 heterocycles. The molecule has 33 heavy (non-hydrogen) atoms. The van der Waals surface area contributed by atoms with Crippen molar-refractivity contribution in [2.75, 3.05) is 6.26 Å². The van der Waals surface area contributed by atoms with Gasteiger partial charge < -0.3 is 14.3 Å². The molecule has 6 nitrogen and oxygen atoms in total. The molecule has 3 atom stereocenters. The van der Waals surface area contributed by atoms with Gasteiger partial charge in [0.2, 0.25) is 5.78 Å². The van der Waals surface area contributed by atoms with E-state index < -0.39 is 35.0 Å². The van der Waals surface area contributed by atoms with E-state index in [1.54, 1.807) is 12.3 Å². The van der Waals surface area contributed by atoms with Crippen molar-refractivity contribution in [2.45, 2.75) is 37.0 Å². The van der Waals surface area contributed by atoms with E-state index >= 15 is 0 Å². The molecule has 1 aromatic heterocycles. The van der Waals surface area contributed by atoms with Gasteiger partial charge in [0.15, 0.2) is 11.4 Å². The largest absolute Gasteiger partial charge is 0.461 e. The van der Waals surface area contributed by atoms with Gasteiger partial charge in [0.1, 0.15) is 11.5 Å². The van der Waals surface area contributed by atoms with Gasteiger partial charge in [-0.05, 0) is 24.3 Å². The Hall–Kier alpha value is -3.03. The maximum Gasteiger partial charge on any atom is 0.412 e. The number of carbonyl (C=O) groups excluding carboxylic acids is 2. The van der Waals surface area contributed by atoms with Crippen LogP contribution in [0.15, 0.2) is 83.5 Å². The fourth-order valence-corrected chi connectivity index (χ4v) is 5.52. The molecule has 172 valence electrons. The molecule has 1 fully saturated rings. The molecule has 1 N–H and O–H groups in total. The third-order valence-electron chi connectivity index (χ3n) is 6.03. The maximum absolute atomic E-state index is 13.5. The van der Waals surface area contributed by atoms with Crippen LogP contribution in [0.3, 0.4) is 0 Å². The number of thioether (sulfide) groups is 1. The Morgan fingerprint density at radius 2 is 1.58 bits per heavy atom. The number of ketones is 1. The standard InChI is InChI=1S/C26H27NO5S/c1-17(2)23-26(18-11-6-4-7-12-18,19-13-8-5-9-14-19)32-25(30)27(23)24(33-3)22(29)21(28)20-15-10-16-31-20/h4-17,22-24,29H,1-3H3/t22-,23-,24-/m0/s1. The van der Waals surface area contributed by atoms with Crippen LogP contribution in [0.1, 0.15) is 35.5 Å². The van der Waals surface area contributed by atoms with Crippen molar-refractivity contribution in [2.24, 2.45) is 5.92 Å². The van der Waals surface area contributed by atoms with Gasteiger partial charge in [-0.15, -0.1) is 11.8 Å². The number of hydrogen-bond acceptors (Lipinski definition) is 6. The Labute approximate surface area is 197 Å². The predicted molar refractivity (Wildman–Crippen MR) is 127 cm³/mol. The minimum atomic E-state index is -1.48. The molecule has 1 aliphatic heterocycles. The van der Waals surface area contributed by atoms with Gasteiger partial charge in [0, 0.05) is 11.1 Å². The number of aliphatic hydroxyl groups excluding tert-OH is 1. The highest BCUT2D eigenvalue weighted by molar-refractivity contribution is 7.99. The lowest BCUT2D eigenvalue weighted by atomic mass is 9.75. The highest BCUT2D eigenvalue weighted by Crippen LogP contribution is 2.49. The highest BCUT2D eigenvalue weighted by atomic mass is 32.2. The summed E-state index contributed by atoms with van der Waals surface area (Å²) in [5.74, 6) is -0.586. The summed E-state index contributed by atoms with van der Waals surface area (Å²) in [6, 6.07) is 21.9. The minimum Gasteiger partial charge on any atom is -0.461 e. The Morgan fingerprint density at radius 3 is 2.03 bits per heavy atom. The molecule has 0 radical (unpaired) electrons. The zero-order valence-corrected chi connectivity index (χ0v) is 19.6. The van der Waals surface area contributed by atoms with E-state index in [0.29, 0.717) is 0 Å². The summed E-state index contributed by atoms with van der Waals surface area (Å²) >= 11 is 1.23. The fraction of sp³-hybridized carbons (Fsp3) is 0.308. The number of furan rings is 1. The zero-order chi connectivity index (χ0) is 23.6. The number of carbonyl (C=O) groups is 2. The highest BCUT2D eigenvalue weighted by Gasteiger charge is 2.60. The van der Waals surface area contributed by atoms with Crippen LogP contribution in [0.4, 0.5) is 4.79 Å². The average molecular weight is 466 g/mol. The number of amides is 1. The van der Waals surface area contributed by atoms with Crippen molar-refractivity contribution in [3.63, 3.8) is 0 Å². The lowest BCUT2D eigenvalue weighted by Crippen LogP contribution is -2.54. The van der Waals surface area contributed by atoms with Crippen LogP contribution in [-0.2, 0) is 10.3 Å². The van der Waals surface area contributed by atoms with Gasteiger partial charge in [-0.1, -0.05) is 74.5 Å². The first-order valence-corrected chi connectivity index (χ1v) is 12.1. The first-order chi connectivity index (χ1) is 15.9. The number of cyclic esters (lactones) is 1. The summed E-state index contributed by atoms with van der Waals surface area (Å²) in [6.45, 7) is 4.02. The van der Waals surface area contributed by atoms with Gasteiger partial charge in [-0.2, -0.15) is 0 Å². The van der Waals surface area contributed by atoms with Crippen molar-refractivity contribution in [3.05, 3.63) is 95.9 Å². The normalized spacial score (nSPS) is 19.4. The number of ether oxygens (including phenoxy) is 1. The third-order valence-corrected chi connectivity index (χ3v) is 7.00. The van der Waals surface area contributed by atoms with Gasteiger partial charge in [-0.3, -0.25) is 9.69 Å². The van der Waals surface area contributed by atoms with Crippen molar-refractivity contribution in [1.29, 1.82) is 0 Å². The SMILES string of the molecule is CS[C@@H]([C@@H](O)C(=O)c1ccco1)N1C(=O)OC(c2ccccc2)(c2ccccc2)[C@@H]1C(C)C. The smallest absolute Gasteiger partial charge is 0.412 e. The van der Waals surface area contributed by atoms with Crippen molar-refractivity contribution >= 4 is 23.6 Å². The maximum atomic E-state index is 13.5. The van der Waals surface area contributed by atoms with Crippen LogP contribution in [0.2, 0.25) is 0 Å². The van der Waals surface area contributed by atoms with E-state index in [0.717, 1.165) is 11.1 Å². The number of Topliss-reactive ketones (excluding diaryl/α,β-unsaturated/α-hetero) is 1. The molecule has 4 rings (SSSR count). The molecule has 7 heteroatoms. The van der Waals surface area contributed by atoms with Crippen LogP contribution >= 0.6 is 11.8 Å². The molecule has 1 saturated heterocycles. The molecule has 3 aromatic rings. The molecule has 2 aromatic carbocycles. The fourth-order valence-electron chi connectivity index (χ4n) is 4.70. The molecule has 0 aliphatic carbocycles. The van der Waals surface area contributed by atoms with Gasteiger partial charge in [0.05, 0.1) is 12.3 Å². The number of benzene rings is 2. The molecular weight excluding hydrogens is 438 g/mol. The summed E-state index contributed by atoms with van der Waals surface area (Å²) in [6.07, 6.45) is 1.08. The average Bonchev–Trinajstić information content (AvgIpc) is 3.48. The third kappa shape index (κ3) is 3.96. The number of hydrogen-bond donors (Lipinski definition) is 1. The second-order valence-electron chi connectivity index (χ2n) is 8.34. The molecule has 1 aliphatic rings.